The highest BCUT2D eigenvalue weighted by atomic mass is 32.1. The number of rotatable bonds is 6. The van der Waals surface area contributed by atoms with Gasteiger partial charge in [0.25, 0.3) is 0 Å². The first-order valence-electron chi connectivity index (χ1n) is 18.7. The fourth-order valence-electron chi connectivity index (χ4n) is 8.10. The normalized spacial score (nSPS) is 11.6. The molecule has 2 heterocycles. The van der Waals surface area contributed by atoms with Crippen LogP contribution in [0.2, 0.25) is 0 Å². The lowest BCUT2D eigenvalue weighted by molar-refractivity contribution is 0.670. The second-order valence-corrected chi connectivity index (χ2v) is 15.2. The predicted octanol–water partition coefficient (Wildman–Crippen LogP) is 15.6. The highest BCUT2D eigenvalue weighted by Gasteiger charge is 2.16. The maximum Gasteiger partial charge on any atom is 0.143 e. The molecule has 0 aliphatic rings. The average molecular weight is 720 g/mol. The molecule has 0 aliphatic heterocycles. The van der Waals surface area contributed by atoms with E-state index in [4.69, 9.17) is 4.42 Å². The summed E-state index contributed by atoms with van der Waals surface area (Å²) in [6.45, 7) is 0. The van der Waals surface area contributed by atoms with Gasteiger partial charge in [0.1, 0.15) is 11.2 Å². The first-order valence-corrected chi connectivity index (χ1v) is 19.5. The molecule has 0 atom stereocenters. The van der Waals surface area contributed by atoms with E-state index in [0.717, 1.165) is 50.1 Å². The minimum Gasteiger partial charge on any atom is -0.455 e. The summed E-state index contributed by atoms with van der Waals surface area (Å²) in [6, 6.07) is 72.2. The molecule has 0 saturated heterocycles. The average Bonchev–Trinajstić information content (AvgIpc) is 3.82. The summed E-state index contributed by atoms with van der Waals surface area (Å²) in [6.07, 6.45) is 0. The van der Waals surface area contributed by atoms with Gasteiger partial charge in [-0.05, 0) is 105 Å². The zero-order valence-electron chi connectivity index (χ0n) is 29.8. The number of furan rings is 1. The Balaban J connectivity index is 0.968. The quantitative estimate of drug-likeness (QED) is 0.170. The Morgan fingerprint density at radius 1 is 0.345 bits per heavy atom. The second kappa shape index (κ2) is 12.9. The second-order valence-electron chi connectivity index (χ2n) is 14.1. The van der Waals surface area contributed by atoms with Crippen molar-refractivity contribution in [1.82, 2.24) is 0 Å². The van der Waals surface area contributed by atoms with Crippen molar-refractivity contribution >= 4 is 81.3 Å². The van der Waals surface area contributed by atoms with Crippen LogP contribution in [0.5, 0.6) is 0 Å². The predicted molar refractivity (Wildman–Crippen MR) is 235 cm³/mol. The van der Waals surface area contributed by atoms with E-state index in [1.165, 1.54) is 53.2 Å². The van der Waals surface area contributed by atoms with Gasteiger partial charge in [-0.1, -0.05) is 133 Å². The summed E-state index contributed by atoms with van der Waals surface area (Å²) < 4.78 is 9.06. The van der Waals surface area contributed by atoms with Gasteiger partial charge in [-0.25, -0.2) is 0 Å². The van der Waals surface area contributed by atoms with Crippen LogP contribution in [0.25, 0.3) is 86.3 Å². The molecule has 11 aromatic rings. The van der Waals surface area contributed by atoms with Crippen LogP contribution in [0, 0.1) is 0 Å². The van der Waals surface area contributed by atoms with Gasteiger partial charge in [-0.2, -0.15) is 0 Å². The molecule has 0 N–H and O–H groups in total. The highest BCUT2D eigenvalue weighted by molar-refractivity contribution is 7.25. The zero-order valence-corrected chi connectivity index (χ0v) is 30.6. The number of hydrogen-bond donors (Lipinski definition) is 0. The third-order valence-electron chi connectivity index (χ3n) is 10.9. The van der Waals surface area contributed by atoms with Gasteiger partial charge >= 0.3 is 0 Å². The number of hydrogen-bond acceptors (Lipinski definition) is 3. The molecule has 258 valence electrons. The number of nitrogens with zero attached hydrogens (tertiary/aromatic N) is 1. The molecular weight excluding hydrogens is 687 g/mol. The molecule has 2 nitrogen and oxygen atoms in total. The van der Waals surface area contributed by atoms with Crippen molar-refractivity contribution in [1.29, 1.82) is 0 Å². The van der Waals surface area contributed by atoms with Crippen LogP contribution in [-0.4, -0.2) is 0 Å². The molecule has 0 spiro atoms. The Labute approximate surface area is 322 Å². The lowest BCUT2D eigenvalue weighted by Crippen LogP contribution is -2.09. The van der Waals surface area contributed by atoms with Crippen molar-refractivity contribution in [3.05, 3.63) is 200 Å². The van der Waals surface area contributed by atoms with Crippen LogP contribution in [-0.2, 0) is 0 Å². The Hall–Kier alpha value is -6.94. The lowest BCUT2D eigenvalue weighted by Gasteiger charge is -2.26. The molecule has 0 amide bonds. The smallest absolute Gasteiger partial charge is 0.143 e. The van der Waals surface area contributed by atoms with E-state index < -0.39 is 0 Å². The van der Waals surface area contributed by atoms with E-state index in [1.807, 2.05) is 23.5 Å². The largest absolute Gasteiger partial charge is 0.455 e. The standard InChI is InChI=1S/C52H33NOS/c1-2-9-34(10-3-1)35-19-25-41(26-20-35)53(43-29-23-37(24-30-43)44-13-8-14-47-45-11-4-6-15-49(45)54-52(44)47)42-27-21-36(22-28-42)38-17-18-39-32-48-46-12-5-7-16-50(46)55-51(48)33-40(39)31-38/h1-33H. The van der Waals surface area contributed by atoms with Gasteiger partial charge in [0, 0.05) is 53.6 Å². The summed E-state index contributed by atoms with van der Waals surface area (Å²) in [7, 11) is 0. The van der Waals surface area contributed by atoms with Gasteiger partial charge in [0.05, 0.1) is 0 Å². The maximum absolute atomic E-state index is 6.39. The number of anilines is 3. The fourth-order valence-corrected chi connectivity index (χ4v) is 9.23. The number of para-hydroxylation sites is 2. The summed E-state index contributed by atoms with van der Waals surface area (Å²) in [5, 5.41) is 7.47. The van der Waals surface area contributed by atoms with Crippen molar-refractivity contribution in [3.63, 3.8) is 0 Å². The van der Waals surface area contributed by atoms with Crippen LogP contribution < -0.4 is 4.90 Å². The molecule has 0 fully saturated rings. The van der Waals surface area contributed by atoms with Crippen LogP contribution in [0.3, 0.4) is 0 Å². The Morgan fingerprint density at radius 2 is 0.927 bits per heavy atom. The molecule has 3 heteroatoms. The maximum atomic E-state index is 6.39. The Bertz CT molecular complexity index is 3170. The minimum absolute atomic E-state index is 0.910. The summed E-state index contributed by atoms with van der Waals surface area (Å²) in [5.41, 5.74) is 12.1. The third-order valence-corrected chi connectivity index (χ3v) is 12.0. The Morgan fingerprint density at radius 3 is 1.67 bits per heavy atom. The highest BCUT2D eigenvalue weighted by Crippen LogP contribution is 2.41. The van der Waals surface area contributed by atoms with Crippen molar-refractivity contribution in [2.45, 2.75) is 0 Å². The number of benzene rings is 9. The van der Waals surface area contributed by atoms with Crippen LogP contribution in [0.4, 0.5) is 17.1 Å². The van der Waals surface area contributed by atoms with E-state index >= 15 is 0 Å². The molecule has 55 heavy (non-hydrogen) atoms. The lowest BCUT2D eigenvalue weighted by atomic mass is 9.99. The van der Waals surface area contributed by atoms with E-state index in [2.05, 4.69) is 193 Å². The molecule has 0 radical (unpaired) electrons. The van der Waals surface area contributed by atoms with Gasteiger partial charge in [0.15, 0.2) is 0 Å². The molecule has 9 aromatic carbocycles. The molecule has 0 bridgehead atoms. The summed E-state index contributed by atoms with van der Waals surface area (Å²) in [4.78, 5) is 2.34. The van der Waals surface area contributed by atoms with Crippen molar-refractivity contribution < 1.29 is 4.42 Å². The van der Waals surface area contributed by atoms with Crippen molar-refractivity contribution in [3.8, 4) is 33.4 Å². The van der Waals surface area contributed by atoms with Crippen LogP contribution >= 0.6 is 11.3 Å². The van der Waals surface area contributed by atoms with Crippen LogP contribution in [0.15, 0.2) is 205 Å². The zero-order chi connectivity index (χ0) is 36.3. The third kappa shape index (κ3) is 5.48. The summed E-state index contributed by atoms with van der Waals surface area (Å²) >= 11 is 1.87. The molecular formula is C52H33NOS. The number of fused-ring (bicyclic) bond motifs is 7. The first kappa shape index (κ1) is 31.6. The molecule has 2 aromatic heterocycles. The van der Waals surface area contributed by atoms with E-state index in [1.54, 1.807) is 0 Å². The van der Waals surface area contributed by atoms with Crippen LogP contribution in [0.1, 0.15) is 0 Å². The molecule has 0 saturated carbocycles. The van der Waals surface area contributed by atoms with Crippen molar-refractivity contribution in [2.75, 3.05) is 4.90 Å². The number of thiophene rings is 1. The first-order chi connectivity index (χ1) is 27.2. The van der Waals surface area contributed by atoms with Gasteiger partial charge in [-0.3, -0.25) is 0 Å². The summed E-state index contributed by atoms with van der Waals surface area (Å²) in [5.74, 6) is 0. The van der Waals surface area contributed by atoms with E-state index in [0.29, 0.717) is 0 Å². The minimum atomic E-state index is 0.910. The molecule has 0 aliphatic carbocycles. The molecule has 0 unspecified atom stereocenters. The van der Waals surface area contributed by atoms with Gasteiger partial charge < -0.3 is 9.32 Å². The van der Waals surface area contributed by atoms with Gasteiger partial charge in [-0.15, -0.1) is 11.3 Å². The van der Waals surface area contributed by atoms with Gasteiger partial charge in [0.2, 0.25) is 0 Å². The SMILES string of the molecule is c1ccc(-c2ccc(N(c3ccc(-c4ccc5cc6c(cc5c4)sc4ccccc46)cc3)c3ccc(-c4cccc5c4oc4ccccc45)cc3)cc2)cc1. The van der Waals surface area contributed by atoms with E-state index in [9.17, 15) is 0 Å². The fraction of sp³-hybridized carbons (Fsp3) is 0. The topological polar surface area (TPSA) is 16.4 Å². The monoisotopic (exact) mass is 719 g/mol. The van der Waals surface area contributed by atoms with E-state index in [-0.39, 0.29) is 0 Å². The molecule has 11 rings (SSSR count). The Kier molecular flexibility index (Phi) is 7.39. The van der Waals surface area contributed by atoms with Crippen molar-refractivity contribution in [2.24, 2.45) is 0 Å².